The second-order valence-corrected chi connectivity index (χ2v) is 9.73. The van der Waals surface area contributed by atoms with E-state index in [1.807, 2.05) is 6.07 Å². The molecule has 1 aromatic heterocycles. The zero-order chi connectivity index (χ0) is 25.0. The summed E-state index contributed by atoms with van der Waals surface area (Å²) in [5.41, 5.74) is 1.10. The highest BCUT2D eigenvalue weighted by atomic mass is 32.2. The van der Waals surface area contributed by atoms with Crippen LogP contribution in [-0.4, -0.2) is 37.9 Å². The number of sulfonamides is 1. The molecule has 0 spiro atoms. The van der Waals surface area contributed by atoms with Crippen LogP contribution < -0.4 is 10.3 Å². The molecule has 9 heteroatoms. The molecule has 0 amide bonds. The summed E-state index contributed by atoms with van der Waals surface area (Å²) in [4.78, 5) is 27.8. The highest BCUT2D eigenvalue weighted by Crippen LogP contribution is 2.25. The van der Waals surface area contributed by atoms with Crippen molar-refractivity contribution in [2.24, 2.45) is 0 Å². The summed E-state index contributed by atoms with van der Waals surface area (Å²) in [5.74, 6) is -0.157. The molecule has 8 nitrogen and oxygen atoms in total. The van der Waals surface area contributed by atoms with Crippen molar-refractivity contribution in [3.05, 3.63) is 106 Å². The van der Waals surface area contributed by atoms with Gasteiger partial charge in [-0.3, -0.25) is 4.79 Å². The topological polar surface area (TPSA) is 106 Å². The number of hydrogen-bond acceptors (Lipinski definition) is 6. The van der Waals surface area contributed by atoms with Gasteiger partial charge >= 0.3 is 5.97 Å². The van der Waals surface area contributed by atoms with Crippen molar-refractivity contribution in [1.29, 1.82) is 0 Å². The Labute approximate surface area is 202 Å². The number of ether oxygens (including phenoxy) is 2. The molecule has 0 aliphatic rings. The van der Waals surface area contributed by atoms with Crippen molar-refractivity contribution in [1.82, 2.24) is 9.29 Å². The zero-order valence-corrected chi connectivity index (χ0v) is 20.0. The third-order valence-electron chi connectivity index (χ3n) is 5.59. The van der Waals surface area contributed by atoms with Gasteiger partial charge in [-0.2, -0.15) is 4.31 Å². The van der Waals surface area contributed by atoms with Crippen LogP contribution in [0.25, 0.3) is 10.9 Å². The van der Waals surface area contributed by atoms with Gasteiger partial charge in [-0.1, -0.05) is 42.5 Å². The minimum absolute atomic E-state index is 0.00569. The van der Waals surface area contributed by atoms with Gasteiger partial charge in [0.15, 0.2) is 0 Å². The van der Waals surface area contributed by atoms with E-state index in [2.05, 4.69) is 4.98 Å². The Morgan fingerprint density at radius 1 is 0.914 bits per heavy atom. The van der Waals surface area contributed by atoms with Gasteiger partial charge in [-0.15, -0.1) is 0 Å². The third kappa shape index (κ3) is 5.11. The number of nitrogens with zero attached hydrogens (tertiary/aromatic N) is 1. The van der Waals surface area contributed by atoms with Crippen molar-refractivity contribution in [3.8, 4) is 5.75 Å². The molecule has 0 aliphatic heterocycles. The molecule has 0 saturated carbocycles. The maximum atomic E-state index is 13.8. The number of methoxy groups -OCH3 is 2. The predicted molar refractivity (Wildman–Crippen MR) is 132 cm³/mol. The highest BCUT2D eigenvalue weighted by molar-refractivity contribution is 7.89. The van der Waals surface area contributed by atoms with Crippen LogP contribution in [0.3, 0.4) is 0 Å². The van der Waals surface area contributed by atoms with Crippen LogP contribution in [0.2, 0.25) is 0 Å². The fourth-order valence-electron chi connectivity index (χ4n) is 3.79. The number of H-pyrrole nitrogens is 1. The molecule has 0 fully saturated rings. The van der Waals surface area contributed by atoms with Crippen LogP contribution >= 0.6 is 0 Å². The summed E-state index contributed by atoms with van der Waals surface area (Å²) in [5, 5.41) is 0.700. The first-order valence-electron chi connectivity index (χ1n) is 10.7. The smallest absolute Gasteiger partial charge is 0.339 e. The maximum Gasteiger partial charge on any atom is 0.339 e. The van der Waals surface area contributed by atoms with Crippen LogP contribution in [0.1, 0.15) is 21.5 Å². The van der Waals surface area contributed by atoms with E-state index in [4.69, 9.17) is 9.47 Å². The summed E-state index contributed by atoms with van der Waals surface area (Å²) in [7, 11) is -1.48. The van der Waals surface area contributed by atoms with Gasteiger partial charge < -0.3 is 14.5 Å². The van der Waals surface area contributed by atoms with Crippen molar-refractivity contribution in [2.75, 3.05) is 14.2 Å². The van der Waals surface area contributed by atoms with E-state index >= 15 is 0 Å². The number of nitrogens with one attached hydrogen (secondary N) is 1. The number of benzene rings is 3. The van der Waals surface area contributed by atoms with Gasteiger partial charge in [0.25, 0.3) is 5.56 Å². The second-order valence-electron chi connectivity index (χ2n) is 7.82. The largest absolute Gasteiger partial charge is 0.497 e. The number of aromatic amines is 1. The second kappa shape index (κ2) is 10.1. The molecule has 0 radical (unpaired) electrons. The lowest BCUT2D eigenvalue weighted by atomic mass is 10.1. The van der Waals surface area contributed by atoms with Crippen molar-refractivity contribution >= 4 is 26.9 Å². The van der Waals surface area contributed by atoms with E-state index in [1.165, 1.54) is 29.6 Å². The molecular weight excluding hydrogens is 468 g/mol. The standard InChI is InChI=1S/C26H24N2O6S/c1-33-21-12-13-23-19(15-21)14-20(25(29)27-23)17-28(16-18-8-4-3-5-9-18)35(31,32)24-11-7-6-10-22(24)26(30)34-2/h3-15H,16-17H2,1-2H3,(H,27,29). The Kier molecular flexibility index (Phi) is 6.99. The first-order valence-corrected chi connectivity index (χ1v) is 12.2. The van der Waals surface area contributed by atoms with E-state index in [-0.39, 0.29) is 29.1 Å². The van der Waals surface area contributed by atoms with Crippen LogP contribution in [0, 0.1) is 0 Å². The van der Waals surface area contributed by atoms with Gasteiger partial charge in [-0.05, 0) is 42.0 Å². The molecule has 4 rings (SSSR count). The van der Waals surface area contributed by atoms with Crippen molar-refractivity contribution in [2.45, 2.75) is 18.0 Å². The van der Waals surface area contributed by atoms with Gasteiger partial charge in [0.05, 0.1) is 24.7 Å². The lowest BCUT2D eigenvalue weighted by molar-refractivity contribution is 0.0596. The van der Waals surface area contributed by atoms with Gasteiger partial charge in [0, 0.05) is 29.6 Å². The average molecular weight is 493 g/mol. The molecular formula is C26H24N2O6S. The molecule has 180 valence electrons. The van der Waals surface area contributed by atoms with Crippen LogP contribution in [0.5, 0.6) is 5.75 Å². The molecule has 35 heavy (non-hydrogen) atoms. The number of carbonyl (C=O) groups excluding carboxylic acids is 1. The average Bonchev–Trinajstić information content (AvgIpc) is 2.88. The van der Waals surface area contributed by atoms with Crippen LogP contribution in [0.4, 0.5) is 0 Å². The van der Waals surface area contributed by atoms with E-state index in [0.717, 1.165) is 5.56 Å². The van der Waals surface area contributed by atoms with Crippen LogP contribution in [0.15, 0.2) is 88.6 Å². The van der Waals surface area contributed by atoms with E-state index in [9.17, 15) is 18.0 Å². The molecule has 0 aliphatic carbocycles. The monoisotopic (exact) mass is 492 g/mol. The molecule has 1 heterocycles. The molecule has 0 atom stereocenters. The molecule has 0 unspecified atom stereocenters. The Balaban J connectivity index is 1.82. The summed E-state index contributed by atoms with van der Waals surface area (Å²) in [6.45, 7) is -0.219. The molecule has 0 bridgehead atoms. The number of pyridine rings is 1. The van der Waals surface area contributed by atoms with Crippen molar-refractivity contribution in [3.63, 3.8) is 0 Å². The van der Waals surface area contributed by atoms with Gasteiger partial charge in [0.1, 0.15) is 5.75 Å². The summed E-state index contributed by atoms with van der Waals surface area (Å²) < 4.78 is 38.9. The number of esters is 1. The summed E-state index contributed by atoms with van der Waals surface area (Å²) >= 11 is 0. The zero-order valence-electron chi connectivity index (χ0n) is 19.2. The summed E-state index contributed by atoms with van der Waals surface area (Å²) in [6.07, 6.45) is 0. The molecule has 3 aromatic carbocycles. The molecule has 4 aromatic rings. The Morgan fingerprint density at radius 3 is 2.34 bits per heavy atom. The Hall–Kier alpha value is -3.95. The fraction of sp³-hybridized carbons (Fsp3) is 0.154. The number of fused-ring (bicyclic) bond motifs is 1. The third-order valence-corrected chi connectivity index (χ3v) is 7.44. The number of carbonyl (C=O) groups is 1. The molecule has 1 N–H and O–H groups in total. The van der Waals surface area contributed by atoms with Crippen molar-refractivity contribution < 1.29 is 22.7 Å². The lowest BCUT2D eigenvalue weighted by Crippen LogP contribution is -2.33. The number of aromatic nitrogens is 1. The maximum absolute atomic E-state index is 13.8. The van der Waals surface area contributed by atoms with Crippen LogP contribution in [-0.2, 0) is 27.8 Å². The Morgan fingerprint density at radius 2 is 1.63 bits per heavy atom. The van der Waals surface area contributed by atoms with E-state index < -0.39 is 21.6 Å². The predicted octanol–water partition coefficient (Wildman–Crippen LogP) is 3.71. The SMILES string of the molecule is COC(=O)c1ccccc1S(=O)(=O)N(Cc1ccccc1)Cc1cc2cc(OC)ccc2[nH]c1=O. The normalized spacial score (nSPS) is 11.5. The number of hydrogen-bond donors (Lipinski definition) is 1. The number of rotatable bonds is 8. The minimum Gasteiger partial charge on any atom is -0.497 e. The Bertz CT molecular complexity index is 1530. The van der Waals surface area contributed by atoms with E-state index in [1.54, 1.807) is 61.7 Å². The first-order chi connectivity index (χ1) is 16.8. The minimum atomic E-state index is -4.21. The quantitative estimate of drug-likeness (QED) is 0.376. The first kappa shape index (κ1) is 24.2. The fourth-order valence-corrected chi connectivity index (χ4v) is 5.37. The highest BCUT2D eigenvalue weighted by Gasteiger charge is 2.30. The van der Waals surface area contributed by atoms with Gasteiger partial charge in [-0.25, -0.2) is 13.2 Å². The summed E-state index contributed by atoms with van der Waals surface area (Å²) in [6, 6.07) is 21.7. The van der Waals surface area contributed by atoms with E-state index in [0.29, 0.717) is 16.7 Å². The molecule has 0 saturated heterocycles. The lowest BCUT2D eigenvalue weighted by Gasteiger charge is -2.23. The van der Waals surface area contributed by atoms with Gasteiger partial charge in [0.2, 0.25) is 10.0 Å².